The molecule has 5 aliphatic rings. The third kappa shape index (κ3) is 3.65. The molecule has 1 saturated heterocycles. The van der Waals surface area contributed by atoms with Crippen LogP contribution in [0.5, 0.6) is 0 Å². The highest BCUT2D eigenvalue weighted by Crippen LogP contribution is 2.68. The molecule has 0 aromatic carbocycles. The van der Waals surface area contributed by atoms with E-state index in [1.54, 1.807) is 6.21 Å². The zero-order valence-electron chi connectivity index (χ0n) is 20.5. The summed E-state index contributed by atoms with van der Waals surface area (Å²) in [7, 11) is 0. The van der Waals surface area contributed by atoms with Crippen molar-refractivity contribution in [2.45, 2.75) is 103 Å². The van der Waals surface area contributed by atoms with E-state index in [-0.39, 0.29) is 11.3 Å². The molecule has 8 atom stereocenters. The zero-order chi connectivity index (χ0) is 22.4. The van der Waals surface area contributed by atoms with Gasteiger partial charge in [-0.1, -0.05) is 13.8 Å². The third-order valence-electron chi connectivity index (χ3n) is 11.3. The molecule has 0 radical (unpaired) electrons. The molecule has 0 aromatic rings. The van der Waals surface area contributed by atoms with Crippen LogP contribution in [0.4, 0.5) is 0 Å². The van der Waals surface area contributed by atoms with Gasteiger partial charge in [0, 0.05) is 30.7 Å². The van der Waals surface area contributed by atoms with Gasteiger partial charge in [-0.3, -0.25) is 0 Å². The van der Waals surface area contributed by atoms with Gasteiger partial charge >= 0.3 is 0 Å². The van der Waals surface area contributed by atoms with E-state index < -0.39 is 5.60 Å². The molecule has 5 rings (SSSR count). The quantitative estimate of drug-likeness (QED) is 0.258. The van der Waals surface area contributed by atoms with Crippen molar-refractivity contribution >= 4 is 6.21 Å². The lowest BCUT2D eigenvalue weighted by atomic mass is 9.43. The predicted octanol–water partition coefficient (Wildman–Crippen LogP) is 5.09. The molecule has 1 heterocycles. The van der Waals surface area contributed by atoms with E-state index in [2.05, 4.69) is 23.9 Å². The number of likely N-dealkylation sites (tertiary alicyclic amines) is 1. The first-order chi connectivity index (χ1) is 15.4. The average Bonchev–Trinajstić information content (AvgIpc) is 3.39. The molecular formula is C27H46N2O3. The zero-order valence-corrected chi connectivity index (χ0v) is 20.5. The summed E-state index contributed by atoms with van der Waals surface area (Å²) in [5, 5.41) is 24.6. The Morgan fingerprint density at radius 2 is 1.81 bits per heavy atom. The maximum Gasteiger partial charge on any atom is 0.0738 e. The van der Waals surface area contributed by atoms with E-state index in [4.69, 9.17) is 4.74 Å². The summed E-state index contributed by atoms with van der Waals surface area (Å²) in [4.78, 5) is 2.59. The highest BCUT2D eigenvalue weighted by Gasteiger charge is 2.67. The molecule has 0 aromatic heterocycles. The second-order valence-electron chi connectivity index (χ2n) is 12.5. The summed E-state index contributed by atoms with van der Waals surface area (Å²) in [5.74, 6) is 1.97. The van der Waals surface area contributed by atoms with Crippen molar-refractivity contribution in [3.05, 3.63) is 0 Å². The SMILES string of the molecule is C[C@]12CCC(OCCCN3CCCC3)CC1CC[C@@H]1[C@H]2CC[C@]2(C)C(/C=N/O)CC[C@@]12O. The summed E-state index contributed by atoms with van der Waals surface area (Å²) in [5.41, 5.74) is -0.392. The molecule has 182 valence electrons. The molecule has 2 N–H and O–H groups in total. The Labute approximate surface area is 195 Å². The Morgan fingerprint density at radius 3 is 2.59 bits per heavy atom. The first-order valence-corrected chi connectivity index (χ1v) is 13.6. The van der Waals surface area contributed by atoms with E-state index in [9.17, 15) is 10.3 Å². The van der Waals surface area contributed by atoms with Crippen LogP contribution in [0, 0.1) is 34.5 Å². The van der Waals surface area contributed by atoms with Gasteiger partial charge in [0.25, 0.3) is 0 Å². The smallest absolute Gasteiger partial charge is 0.0738 e. The molecule has 5 nitrogen and oxygen atoms in total. The fourth-order valence-electron chi connectivity index (χ4n) is 9.24. The summed E-state index contributed by atoms with van der Waals surface area (Å²) < 4.78 is 6.40. The van der Waals surface area contributed by atoms with Gasteiger partial charge in [0.15, 0.2) is 0 Å². The molecule has 4 saturated carbocycles. The second-order valence-corrected chi connectivity index (χ2v) is 12.5. The summed E-state index contributed by atoms with van der Waals surface area (Å²) >= 11 is 0. The number of hydrogen-bond acceptors (Lipinski definition) is 5. The summed E-state index contributed by atoms with van der Waals surface area (Å²) in [6.45, 7) is 9.51. The number of nitrogens with zero attached hydrogens (tertiary/aromatic N) is 2. The lowest BCUT2D eigenvalue weighted by molar-refractivity contribution is -0.208. The van der Waals surface area contributed by atoms with Crippen LogP contribution in [0.2, 0.25) is 0 Å². The van der Waals surface area contributed by atoms with Gasteiger partial charge in [0.05, 0.1) is 11.7 Å². The van der Waals surface area contributed by atoms with Crippen molar-refractivity contribution in [3.8, 4) is 0 Å². The van der Waals surface area contributed by atoms with Crippen molar-refractivity contribution < 1.29 is 15.1 Å². The highest BCUT2D eigenvalue weighted by molar-refractivity contribution is 5.62. The number of rotatable bonds is 6. The van der Waals surface area contributed by atoms with Crippen molar-refractivity contribution in [2.75, 3.05) is 26.2 Å². The Balaban J connectivity index is 1.20. The fraction of sp³-hybridized carbons (Fsp3) is 0.963. The minimum Gasteiger partial charge on any atom is -0.411 e. The van der Waals surface area contributed by atoms with Crippen LogP contribution in [0.3, 0.4) is 0 Å². The van der Waals surface area contributed by atoms with Gasteiger partial charge < -0.3 is 20.0 Å². The molecule has 32 heavy (non-hydrogen) atoms. The topological polar surface area (TPSA) is 65.3 Å². The summed E-state index contributed by atoms with van der Waals surface area (Å²) in [6.07, 6.45) is 16.2. The van der Waals surface area contributed by atoms with Crippen molar-refractivity contribution in [1.82, 2.24) is 4.90 Å². The van der Waals surface area contributed by atoms with Crippen LogP contribution in [0.1, 0.15) is 90.9 Å². The molecule has 3 unspecified atom stereocenters. The number of ether oxygens (including phenoxy) is 1. The molecular weight excluding hydrogens is 400 g/mol. The molecule has 5 heteroatoms. The van der Waals surface area contributed by atoms with Crippen molar-refractivity contribution in [3.63, 3.8) is 0 Å². The van der Waals surface area contributed by atoms with E-state index in [0.717, 1.165) is 38.2 Å². The minimum absolute atomic E-state index is 0.140. The normalized spacial score (nSPS) is 49.2. The van der Waals surface area contributed by atoms with Crippen LogP contribution in [-0.2, 0) is 4.74 Å². The fourth-order valence-corrected chi connectivity index (χ4v) is 9.24. The Hall–Kier alpha value is -0.650. The van der Waals surface area contributed by atoms with Crippen molar-refractivity contribution in [2.24, 2.45) is 39.7 Å². The third-order valence-corrected chi connectivity index (χ3v) is 11.3. The molecule has 4 aliphatic carbocycles. The van der Waals surface area contributed by atoms with Gasteiger partial charge in [-0.15, -0.1) is 5.16 Å². The maximum absolute atomic E-state index is 12.1. The first-order valence-electron chi connectivity index (χ1n) is 13.6. The first kappa shape index (κ1) is 23.1. The Morgan fingerprint density at radius 1 is 1.00 bits per heavy atom. The van der Waals surface area contributed by atoms with Crippen molar-refractivity contribution in [1.29, 1.82) is 0 Å². The predicted molar refractivity (Wildman–Crippen MR) is 127 cm³/mol. The molecule has 5 fully saturated rings. The largest absolute Gasteiger partial charge is 0.411 e. The number of oxime groups is 1. The maximum atomic E-state index is 12.1. The highest BCUT2D eigenvalue weighted by atomic mass is 16.5. The Kier molecular flexibility index (Phi) is 6.39. The lowest BCUT2D eigenvalue weighted by Gasteiger charge is -2.63. The van der Waals surface area contributed by atoms with Crippen LogP contribution in [0.15, 0.2) is 5.16 Å². The van der Waals surface area contributed by atoms with E-state index in [1.807, 2.05) is 0 Å². The van der Waals surface area contributed by atoms with Gasteiger partial charge in [-0.05, 0) is 113 Å². The lowest BCUT2D eigenvalue weighted by Crippen LogP contribution is -2.62. The van der Waals surface area contributed by atoms with Crippen LogP contribution >= 0.6 is 0 Å². The van der Waals surface area contributed by atoms with Crippen LogP contribution < -0.4 is 0 Å². The van der Waals surface area contributed by atoms with Crippen LogP contribution in [0.25, 0.3) is 0 Å². The second kappa shape index (κ2) is 8.85. The number of hydrogen-bond donors (Lipinski definition) is 2. The van der Waals surface area contributed by atoms with E-state index in [1.165, 1.54) is 71.0 Å². The monoisotopic (exact) mass is 446 g/mol. The molecule has 0 spiro atoms. The molecule has 0 amide bonds. The van der Waals surface area contributed by atoms with Gasteiger partial charge in [0.2, 0.25) is 0 Å². The van der Waals surface area contributed by atoms with E-state index in [0.29, 0.717) is 23.4 Å². The number of aliphatic hydroxyl groups is 1. The summed E-state index contributed by atoms with van der Waals surface area (Å²) in [6, 6.07) is 0. The standard InChI is InChI=1S/C27H46N2O3/c1-25-11-9-22(32-17-5-16-29-14-3-4-15-29)18-20(25)6-7-24-23(25)10-12-26(2)21(19-28-31)8-13-27(24,26)30/h19-24,30-31H,3-18H2,1-2H3/b28-19+/t20?,21?,22?,23-,24-,25+,26-,27-/m1/s1. The minimum atomic E-state index is -0.599. The van der Waals surface area contributed by atoms with Gasteiger partial charge in [-0.25, -0.2) is 0 Å². The average molecular weight is 447 g/mol. The van der Waals surface area contributed by atoms with Crippen LogP contribution in [-0.4, -0.2) is 59.4 Å². The Bertz CT molecular complexity index is 694. The van der Waals surface area contributed by atoms with E-state index >= 15 is 0 Å². The number of fused-ring (bicyclic) bond motifs is 5. The molecule has 1 aliphatic heterocycles. The van der Waals surface area contributed by atoms with Gasteiger partial charge in [-0.2, -0.15) is 0 Å². The molecule has 0 bridgehead atoms. The van der Waals surface area contributed by atoms with Gasteiger partial charge in [0.1, 0.15) is 0 Å².